The Balaban J connectivity index is 1.73. The molecule has 1 saturated heterocycles. The third kappa shape index (κ3) is 3.80. The van der Waals surface area contributed by atoms with Crippen LogP contribution in [0, 0.1) is 19.8 Å². The molecular weight excluding hydrogens is 359 g/mol. The summed E-state index contributed by atoms with van der Waals surface area (Å²) in [6.45, 7) is 4.28. The fourth-order valence-corrected chi connectivity index (χ4v) is 3.27. The van der Waals surface area contributed by atoms with Crippen LogP contribution in [0.4, 0.5) is 11.4 Å². The minimum Gasteiger partial charge on any atom is -0.326 e. The van der Waals surface area contributed by atoms with Gasteiger partial charge in [0.05, 0.1) is 16.0 Å². The Morgan fingerprint density at radius 2 is 1.88 bits per heavy atom. The summed E-state index contributed by atoms with van der Waals surface area (Å²) in [6, 6.07) is 10.9. The minimum atomic E-state index is -0.400. The zero-order valence-electron chi connectivity index (χ0n) is 14.0. The van der Waals surface area contributed by atoms with E-state index in [9.17, 15) is 9.59 Å². The molecule has 1 aliphatic rings. The highest BCUT2D eigenvalue weighted by Crippen LogP contribution is 2.31. The highest BCUT2D eigenvalue weighted by atomic mass is 35.5. The molecule has 2 amide bonds. The van der Waals surface area contributed by atoms with E-state index in [2.05, 4.69) is 5.32 Å². The summed E-state index contributed by atoms with van der Waals surface area (Å²) in [7, 11) is 0. The quantitative estimate of drug-likeness (QED) is 0.850. The predicted octanol–water partition coefficient (Wildman–Crippen LogP) is 4.60. The van der Waals surface area contributed by atoms with Gasteiger partial charge in [-0.15, -0.1) is 0 Å². The van der Waals surface area contributed by atoms with Gasteiger partial charge < -0.3 is 10.2 Å². The van der Waals surface area contributed by atoms with Gasteiger partial charge in [-0.3, -0.25) is 9.59 Å². The Labute approximate surface area is 156 Å². The maximum absolute atomic E-state index is 12.6. The average molecular weight is 377 g/mol. The molecule has 0 bridgehead atoms. The largest absolute Gasteiger partial charge is 0.326 e. The summed E-state index contributed by atoms with van der Waals surface area (Å²) in [6.07, 6.45) is 0.178. The first-order valence-corrected chi connectivity index (χ1v) is 8.74. The van der Waals surface area contributed by atoms with E-state index in [-0.39, 0.29) is 18.2 Å². The van der Waals surface area contributed by atoms with Crippen molar-refractivity contribution in [2.24, 2.45) is 5.92 Å². The number of nitrogens with zero attached hydrogens (tertiary/aromatic N) is 1. The third-order valence-corrected chi connectivity index (χ3v) is 5.09. The van der Waals surface area contributed by atoms with Crippen molar-refractivity contribution in [3.05, 3.63) is 57.6 Å². The van der Waals surface area contributed by atoms with Gasteiger partial charge in [0.25, 0.3) is 0 Å². The number of carbonyl (C=O) groups is 2. The van der Waals surface area contributed by atoms with Crippen LogP contribution in [0.5, 0.6) is 0 Å². The lowest BCUT2D eigenvalue weighted by Gasteiger charge is -2.17. The Hall–Kier alpha value is -2.04. The summed E-state index contributed by atoms with van der Waals surface area (Å²) in [5.74, 6) is -0.648. The number of hydrogen-bond acceptors (Lipinski definition) is 2. The molecule has 0 aliphatic carbocycles. The van der Waals surface area contributed by atoms with Gasteiger partial charge in [0.2, 0.25) is 11.8 Å². The van der Waals surface area contributed by atoms with Crippen molar-refractivity contribution in [1.82, 2.24) is 0 Å². The lowest BCUT2D eigenvalue weighted by molar-refractivity contribution is -0.122. The Kier molecular flexibility index (Phi) is 5.02. The van der Waals surface area contributed by atoms with Crippen LogP contribution in [0.15, 0.2) is 36.4 Å². The maximum Gasteiger partial charge on any atom is 0.229 e. The summed E-state index contributed by atoms with van der Waals surface area (Å²) >= 11 is 11.9. The van der Waals surface area contributed by atoms with Crippen molar-refractivity contribution in [1.29, 1.82) is 0 Å². The molecule has 0 spiro atoms. The number of hydrogen-bond donors (Lipinski definition) is 1. The molecule has 1 aliphatic heterocycles. The van der Waals surface area contributed by atoms with Crippen molar-refractivity contribution < 1.29 is 9.59 Å². The van der Waals surface area contributed by atoms with Gasteiger partial charge in [0, 0.05) is 24.3 Å². The fourth-order valence-electron chi connectivity index (χ4n) is 2.97. The van der Waals surface area contributed by atoms with Crippen molar-refractivity contribution in [3.63, 3.8) is 0 Å². The second kappa shape index (κ2) is 7.06. The smallest absolute Gasteiger partial charge is 0.229 e. The van der Waals surface area contributed by atoms with Crippen LogP contribution in [0.3, 0.4) is 0 Å². The molecule has 0 aromatic heterocycles. The SMILES string of the molecule is Cc1ccc(NC(=O)C2CC(=O)N(c3ccc(Cl)c(Cl)c3)C2)c(C)c1. The van der Waals surface area contributed by atoms with E-state index in [1.54, 1.807) is 23.1 Å². The van der Waals surface area contributed by atoms with Gasteiger partial charge in [-0.2, -0.15) is 0 Å². The van der Waals surface area contributed by atoms with Gasteiger partial charge in [0.15, 0.2) is 0 Å². The van der Waals surface area contributed by atoms with Gasteiger partial charge >= 0.3 is 0 Å². The van der Waals surface area contributed by atoms with E-state index in [0.29, 0.717) is 22.3 Å². The molecule has 1 unspecified atom stereocenters. The Morgan fingerprint density at radius 3 is 2.56 bits per heavy atom. The molecule has 2 aromatic carbocycles. The molecule has 1 heterocycles. The second-order valence-electron chi connectivity index (χ2n) is 6.31. The highest BCUT2D eigenvalue weighted by Gasteiger charge is 2.35. The van der Waals surface area contributed by atoms with Crippen LogP contribution < -0.4 is 10.2 Å². The van der Waals surface area contributed by atoms with Crippen molar-refractivity contribution in [2.75, 3.05) is 16.8 Å². The summed E-state index contributed by atoms with van der Waals surface area (Å²) in [5.41, 5.74) is 3.56. The molecule has 6 heteroatoms. The monoisotopic (exact) mass is 376 g/mol. The average Bonchev–Trinajstić information content (AvgIpc) is 2.95. The van der Waals surface area contributed by atoms with Gasteiger partial charge in [0.1, 0.15) is 0 Å². The summed E-state index contributed by atoms with van der Waals surface area (Å²) < 4.78 is 0. The molecule has 1 N–H and O–H groups in total. The number of nitrogens with one attached hydrogen (secondary N) is 1. The molecule has 25 heavy (non-hydrogen) atoms. The first kappa shape index (κ1) is 17.8. The van der Waals surface area contributed by atoms with Crippen molar-refractivity contribution in [2.45, 2.75) is 20.3 Å². The van der Waals surface area contributed by atoms with E-state index in [0.717, 1.165) is 16.8 Å². The lowest BCUT2D eigenvalue weighted by atomic mass is 10.1. The van der Waals surface area contributed by atoms with Gasteiger partial charge in [-0.25, -0.2) is 0 Å². The topological polar surface area (TPSA) is 49.4 Å². The molecule has 4 nitrogen and oxygen atoms in total. The molecule has 1 fully saturated rings. The number of rotatable bonds is 3. The first-order chi connectivity index (χ1) is 11.8. The number of anilines is 2. The van der Waals surface area contributed by atoms with Gasteiger partial charge in [-0.05, 0) is 43.7 Å². The van der Waals surface area contributed by atoms with E-state index >= 15 is 0 Å². The van der Waals surface area contributed by atoms with E-state index in [1.807, 2.05) is 32.0 Å². The summed E-state index contributed by atoms with van der Waals surface area (Å²) in [4.78, 5) is 26.5. The molecule has 0 saturated carbocycles. The van der Waals surface area contributed by atoms with Crippen LogP contribution in [0.25, 0.3) is 0 Å². The van der Waals surface area contributed by atoms with Gasteiger partial charge in [-0.1, -0.05) is 40.9 Å². The van der Waals surface area contributed by atoms with E-state index in [4.69, 9.17) is 23.2 Å². The molecule has 130 valence electrons. The number of carbonyl (C=O) groups excluding carboxylic acids is 2. The standard InChI is InChI=1S/C19H18Cl2N2O2/c1-11-3-6-17(12(2)7-11)22-19(25)13-8-18(24)23(10-13)14-4-5-15(20)16(21)9-14/h3-7,9,13H,8,10H2,1-2H3,(H,22,25). The van der Waals surface area contributed by atoms with Crippen LogP contribution in [-0.4, -0.2) is 18.4 Å². The molecule has 1 atom stereocenters. The zero-order valence-corrected chi connectivity index (χ0v) is 15.5. The molecule has 2 aromatic rings. The lowest BCUT2D eigenvalue weighted by Crippen LogP contribution is -2.28. The van der Waals surface area contributed by atoms with Crippen LogP contribution in [0.2, 0.25) is 10.0 Å². The van der Waals surface area contributed by atoms with Crippen LogP contribution in [-0.2, 0) is 9.59 Å². The fraction of sp³-hybridized carbons (Fsp3) is 0.263. The number of halogens is 2. The molecular formula is C19H18Cl2N2O2. The van der Waals surface area contributed by atoms with Crippen molar-refractivity contribution in [3.8, 4) is 0 Å². The number of aryl methyl sites for hydroxylation is 2. The maximum atomic E-state index is 12.6. The highest BCUT2D eigenvalue weighted by molar-refractivity contribution is 6.42. The van der Waals surface area contributed by atoms with Crippen LogP contribution >= 0.6 is 23.2 Å². The second-order valence-corrected chi connectivity index (χ2v) is 7.13. The molecule has 0 radical (unpaired) electrons. The van der Waals surface area contributed by atoms with Crippen LogP contribution in [0.1, 0.15) is 17.5 Å². The predicted molar refractivity (Wildman–Crippen MR) is 101 cm³/mol. The Bertz CT molecular complexity index is 851. The minimum absolute atomic E-state index is 0.0980. The Morgan fingerprint density at radius 1 is 1.12 bits per heavy atom. The third-order valence-electron chi connectivity index (χ3n) is 4.35. The van der Waals surface area contributed by atoms with E-state index < -0.39 is 5.92 Å². The first-order valence-electron chi connectivity index (χ1n) is 7.98. The normalized spacial score (nSPS) is 17.0. The van der Waals surface area contributed by atoms with Crippen molar-refractivity contribution >= 4 is 46.4 Å². The summed E-state index contributed by atoms with van der Waals surface area (Å²) in [5, 5.41) is 3.74. The van der Waals surface area contributed by atoms with E-state index in [1.165, 1.54) is 0 Å². The number of amides is 2. The molecule has 3 rings (SSSR count). The zero-order chi connectivity index (χ0) is 18.1. The number of benzene rings is 2.